The topological polar surface area (TPSA) is 24.5 Å². The number of morpholine rings is 1. The normalized spacial score (nSPS) is 22.2. The van der Waals surface area contributed by atoms with Crippen LogP contribution in [-0.4, -0.2) is 43.8 Å². The Balaban J connectivity index is 2.21. The van der Waals surface area contributed by atoms with E-state index in [1.165, 1.54) is 0 Å². The second kappa shape index (κ2) is 6.98. The zero-order chi connectivity index (χ0) is 14.7. The molecule has 1 aliphatic heterocycles. The summed E-state index contributed by atoms with van der Waals surface area (Å²) in [6.07, 6.45) is -0.0417. The molecule has 0 saturated carbocycles. The van der Waals surface area contributed by atoms with Crippen molar-refractivity contribution in [2.75, 3.05) is 26.7 Å². The fourth-order valence-electron chi connectivity index (χ4n) is 2.67. The lowest BCUT2D eigenvalue weighted by Gasteiger charge is -2.39. The van der Waals surface area contributed by atoms with Crippen LogP contribution in [-0.2, 0) is 4.74 Å². The molecule has 2 unspecified atom stereocenters. The highest BCUT2D eigenvalue weighted by Crippen LogP contribution is 2.28. The van der Waals surface area contributed by atoms with Gasteiger partial charge in [0.1, 0.15) is 5.82 Å². The van der Waals surface area contributed by atoms with Crippen molar-refractivity contribution in [1.82, 2.24) is 10.2 Å². The Labute approximate surface area is 128 Å². The zero-order valence-electron chi connectivity index (χ0n) is 12.2. The fourth-order valence-corrected chi connectivity index (χ4v) is 3.05. The first kappa shape index (κ1) is 15.9. The van der Waals surface area contributed by atoms with Gasteiger partial charge < -0.3 is 10.1 Å². The summed E-state index contributed by atoms with van der Waals surface area (Å²) < 4.78 is 20.7. The van der Waals surface area contributed by atoms with Crippen molar-refractivity contribution in [1.29, 1.82) is 0 Å². The van der Waals surface area contributed by atoms with Crippen molar-refractivity contribution in [2.24, 2.45) is 0 Å². The first-order chi connectivity index (χ1) is 9.54. The molecular weight excluding hydrogens is 323 g/mol. The first-order valence-corrected chi connectivity index (χ1v) is 7.80. The van der Waals surface area contributed by atoms with E-state index >= 15 is 0 Å². The van der Waals surface area contributed by atoms with Gasteiger partial charge in [-0.15, -0.1) is 0 Å². The van der Waals surface area contributed by atoms with Crippen molar-refractivity contribution in [3.63, 3.8) is 0 Å². The lowest BCUT2D eigenvalue weighted by molar-refractivity contribution is -0.0555. The molecule has 0 amide bonds. The number of ether oxygens (including phenoxy) is 1. The average molecular weight is 345 g/mol. The summed E-state index contributed by atoms with van der Waals surface area (Å²) in [4.78, 5) is 2.37. The van der Waals surface area contributed by atoms with E-state index in [4.69, 9.17) is 4.74 Å². The number of rotatable bonds is 4. The Morgan fingerprint density at radius 3 is 2.85 bits per heavy atom. The van der Waals surface area contributed by atoms with Crippen LogP contribution in [0, 0.1) is 5.82 Å². The Bertz CT molecular complexity index is 455. The van der Waals surface area contributed by atoms with Crippen molar-refractivity contribution in [2.45, 2.75) is 32.0 Å². The standard InChI is InChI=1S/C15H22BrFN2O/c1-10(2)19-7-8-20-13(9-19)15(18-3)11-5-4-6-12(16)14(11)17/h4-6,10,13,15,18H,7-9H2,1-3H3. The summed E-state index contributed by atoms with van der Waals surface area (Å²) >= 11 is 3.25. The van der Waals surface area contributed by atoms with Gasteiger partial charge in [-0.3, -0.25) is 4.90 Å². The minimum Gasteiger partial charge on any atom is -0.374 e. The van der Waals surface area contributed by atoms with E-state index in [-0.39, 0.29) is 18.0 Å². The number of nitrogens with one attached hydrogen (secondary N) is 1. The lowest BCUT2D eigenvalue weighted by Crippen LogP contribution is -2.50. The molecule has 112 valence electrons. The number of likely N-dealkylation sites (N-methyl/N-ethyl adjacent to an activating group) is 1. The Morgan fingerprint density at radius 2 is 2.20 bits per heavy atom. The van der Waals surface area contributed by atoms with Crippen molar-refractivity contribution >= 4 is 15.9 Å². The average Bonchev–Trinajstić information content (AvgIpc) is 2.44. The summed E-state index contributed by atoms with van der Waals surface area (Å²) in [6, 6.07) is 5.73. The molecule has 1 heterocycles. The van der Waals surface area contributed by atoms with Crippen molar-refractivity contribution < 1.29 is 9.13 Å². The maximum atomic E-state index is 14.3. The zero-order valence-corrected chi connectivity index (χ0v) is 13.8. The monoisotopic (exact) mass is 344 g/mol. The molecule has 1 aromatic carbocycles. The highest BCUT2D eigenvalue weighted by molar-refractivity contribution is 9.10. The predicted molar refractivity (Wildman–Crippen MR) is 82.3 cm³/mol. The van der Waals surface area contributed by atoms with Gasteiger partial charge in [0.25, 0.3) is 0 Å². The molecule has 1 aliphatic rings. The number of hydrogen-bond donors (Lipinski definition) is 1. The van der Waals surface area contributed by atoms with Gasteiger partial charge in [0, 0.05) is 24.7 Å². The molecule has 1 saturated heterocycles. The Hall–Kier alpha value is -0.490. The SMILES string of the molecule is CNC(c1cccc(Br)c1F)C1CN(C(C)C)CCO1. The van der Waals surface area contributed by atoms with E-state index in [1.807, 2.05) is 19.2 Å². The van der Waals surface area contributed by atoms with Crippen LogP contribution >= 0.6 is 15.9 Å². The minimum absolute atomic E-state index is 0.0417. The van der Waals surface area contributed by atoms with E-state index < -0.39 is 0 Å². The molecule has 2 rings (SSSR count). The first-order valence-electron chi connectivity index (χ1n) is 7.01. The molecule has 2 atom stereocenters. The third kappa shape index (κ3) is 3.39. The molecule has 0 radical (unpaired) electrons. The highest BCUT2D eigenvalue weighted by atomic mass is 79.9. The van der Waals surface area contributed by atoms with E-state index in [0.717, 1.165) is 13.1 Å². The van der Waals surface area contributed by atoms with E-state index in [2.05, 4.69) is 40.0 Å². The van der Waals surface area contributed by atoms with Crippen LogP contribution in [0.25, 0.3) is 0 Å². The third-order valence-corrected chi connectivity index (χ3v) is 4.47. The van der Waals surface area contributed by atoms with Crippen LogP contribution in [0.15, 0.2) is 22.7 Å². The van der Waals surface area contributed by atoms with E-state index in [1.54, 1.807) is 6.07 Å². The molecule has 1 fully saturated rings. The van der Waals surface area contributed by atoms with Crippen LogP contribution in [0.2, 0.25) is 0 Å². The van der Waals surface area contributed by atoms with Gasteiger partial charge in [-0.05, 0) is 42.9 Å². The van der Waals surface area contributed by atoms with Gasteiger partial charge >= 0.3 is 0 Å². The third-order valence-electron chi connectivity index (χ3n) is 3.85. The maximum Gasteiger partial charge on any atom is 0.142 e. The predicted octanol–water partition coefficient (Wildman–Crippen LogP) is 2.96. The summed E-state index contributed by atoms with van der Waals surface area (Å²) in [7, 11) is 1.85. The van der Waals surface area contributed by atoms with Gasteiger partial charge in [-0.1, -0.05) is 12.1 Å². The van der Waals surface area contributed by atoms with E-state index in [0.29, 0.717) is 22.7 Å². The molecule has 0 aromatic heterocycles. The maximum absolute atomic E-state index is 14.3. The second-order valence-electron chi connectivity index (χ2n) is 5.41. The Kier molecular flexibility index (Phi) is 5.55. The number of halogens is 2. The van der Waals surface area contributed by atoms with Gasteiger partial charge in [-0.25, -0.2) is 4.39 Å². The van der Waals surface area contributed by atoms with Crippen LogP contribution < -0.4 is 5.32 Å². The number of nitrogens with zero attached hydrogens (tertiary/aromatic N) is 1. The molecule has 1 aromatic rings. The molecule has 1 N–H and O–H groups in total. The van der Waals surface area contributed by atoms with Crippen molar-refractivity contribution in [3.8, 4) is 0 Å². The summed E-state index contributed by atoms with van der Waals surface area (Å²) in [5.74, 6) is -0.211. The van der Waals surface area contributed by atoms with Crippen LogP contribution in [0.3, 0.4) is 0 Å². The second-order valence-corrected chi connectivity index (χ2v) is 6.26. The molecule has 3 nitrogen and oxygen atoms in total. The number of benzene rings is 1. The van der Waals surface area contributed by atoms with Gasteiger partial charge in [0.05, 0.1) is 23.2 Å². The van der Waals surface area contributed by atoms with Gasteiger partial charge in [0.15, 0.2) is 0 Å². The van der Waals surface area contributed by atoms with Crippen molar-refractivity contribution in [3.05, 3.63) is 34.1 Å². The fraction of sp³-hybridized carbons (Fsp3) is 0.600. The molecule has 20 heavy (non-hydrogen) atoms. The summed E-state index contributed by atoms with van der Waals surface area (Å²) in [5, 5.41) is 3.20. The largest absolute Gasteiger partial charge is 0.374 e. The lowest BCUT2D eigenvalue weighted by atomic mass is 9.99. The summed E-state index contributed by atoms with van der Waals surface area (Å²) in [5.41, 5.74) is 0.650. The van der Waals surface area contributed by atoms with Crippen LogP contribution in [0.5, 0.6) is 0 Å². The molecular formula is C15H22BrFN2O. The Morgan fingerprint density at radius 1 is 1.45 bits per heavy atom. The highest BCUT2D eigenvalue weighted by Gasteiger charge is 2.31. The quantitative estimate of drug-likeness (QED) is 0.908. The van der Waals surface area contributed by atoms with E-state index in [9.17, 15) is 4.39 Å². The molecule has 5 heteroatoms. The van der Waals surface area contributed by atoms with Crippen LogP contribution in [0.1, 0.15) is 25.5 Å². The minimum atomic E-state index is -0.211. The van der Waals surface area contributed by atoms with Gasteiger partial charge in [-0.2, -0.15) is 0 Å². The van der Waals surface area contributed by atoms with Gasteiger partial charge in [0.2, 0.25) is 0 Å². The molecule has 0 aliphatic carbocycles. The molecule has 0 spiro atoms. The summed E-state index contributed by atoms with van der Waals surface area (Å²) in [6.45, 7) is 6.80. The number of hydrogen-bond acceptors (Lipinski definition) is 3. The smallest absolute Gasteiger partial charge is 0.142 e. The molecule has 0 bridgehead atoms. The van der Waals surface area contributed by atoms with Crippen LogP contribution in [0.4, 0.5) is 4.39 Å².